The van der Waals surface area contributed by atoms with Crippen molar-refractivity contribution in [2.45, 2.75) is 11.8 Å². The molecule has 0 saturated carbocycles. The van der Waals surface area contributed by atoms with Crippen LogP contribution in [0.2, 0.25) is 0 Å². The standard InChI is InChI=1S/C32H20FN3O4S2/c1-19-3-10-24(11-4-19)42(39,40)36-28-12-9-23(33)18-26(28)29(25-14-16-41-31(25)34-2)30(36)22-13-15-35-27(17-22)20-5-7-21(8-6-20)32(37)38/h3-18H,1H3,(H,37,38). The van der Waals surface area contributed by atoms with Crippen LogP contribution < -0.4 is 0 Å². The predicted octanol–water partition coefficient (Wildman–Crippen LogP) is 8.03. The van der Waals surface area contributed by atoms with Crippen molar-refractivity contribution in [3.05, 3.63) is 125 Å². The van der Waals surface area contributed by atoms with Crippen LogP contribution in [0, 0.1) is 19.3 Å². The van der Waals surface area contributed by atoms with Gasteiger partial charge in [0.05, 0.1) is 33.9 Å². The third-order valence-electron chi connectivity index (χ3n) is 6.92. The van der Waals surface area contributed by atoms with Gasteiger partial charge in [-0.1, -0.05) is 35.9 Å². The molecule has 0 aliphatic heterocycles. The molecule has 0 aliphatic rings. The lowest BCUT2D eigenvalue weighted by Gasteiger charge is -2.15. The van der Waals surface area contributed by atoms with Crippen molar-refractivity contribution in [2.75, 3.05) is 0 Å². The number of benzene rings is 3. The first-order valence-corrected chi connectivity index (χ1v) is 14.9. The molecule has 206 valence electrons. The number of rotatable bonds is 6. The highest BCUT2D eigenvalue weighted by molar-refractivity contribution is 7.90. The van der Waals surface area contributed by atoms with Crippen molar-refractivity contribution >= 4 is 43.2 Å². The van der Waals surface area contributed by atoms with Crippen molar-refractivity contribution in [1.82, 2.24) is 8.96 Å². The normalized spacial score (nSPS) is 11.5. The second-order valence-corrected chi connectivity index (χ2v) is 12.2. The summed E-state index contributed by atoms with van der Waals surface area (Å²) >= 11 is 1.21. The summed E-state index contributed by atoms with van der Waals surface area (Å²) in [7, 11) is -4.22. The van der Waals surface area contributed by atoms with Gasteiger partial charge in [0.15, 0.2) is 0 Å². The van der Waals surface area contributed by atoms with E-state index in [2.05, 4.69) is 9.83 Å². The van der Waals surface area contributed by atoms with Crippen LogP contribution >= 0.6 is 11.3 Å². The Hall–Kier alpha value is -5.11. The molecule has 0 bridgehead atoms. The first-order chi connectivity index (χ1) is 20.2. The second-order valence-electron chi connectivity index (χ2n) is 9.53. The maximum absolute atomic E-state index is 14.8. The molecule has 0 unspecified atom stereocenters. The Morgan fingerprint density at radius 2 is 1.71 bits per heavy atom. The fourth-order valence-corrected chi connectivity index (χ4v) is 7.16. The molecule has 42 heavy (non-hydrogen) atoms. The fraction of sp³-hybridized carbons (Fsp3) is 0.0312. The minimum atomic E-state index is -4.22. The smallest absolute Gasteiger partial charge is 0.335 e. The Bertz CT molecular complexity index is 2160. The van der Waals surface area contributed by atoms with Gasteiger partial charge in [-0.3, -0.25) is 4.98 Å². The van der Waals surface area contributed by atoms with Crippen LogP contribution in [0.4, 0.5) is 9.39 Å². The van der Waals surface area contributed by atoms with Crippen LogP contribution in [-0.2, 0) is 10.0 Å². The highest BCUT2D eigenvalue weighted by atomic mass is 32.2. The van der Waals surface area contributed by atoms with Crippen LogP contribution in [0.3, 0.4) is 0 Å². The zero-order valence-corrected chi connectivity index (χ0v) is 23.6. The SMILES string of the molecule is [C-]#[N+]c1sccc1-c1c(-c2ccnc(-c3ccc(C(=O)O)cc3)c2)n(S(=O)(=O)c2ccc(C)cc2)c2ccc(F)cc12. The van der Waals surface area contributed by atoms with E-state index in [1.165, 1.54) is 64.0 Å². The van der Waals surface area contributed by atoms with Crippen molar-refractivity contribution < 1.29 is 22.7 Å². The van der Waals surface area contributed by atoms with E-state index < -0.39 is 21.8 Å². The van der Waals surface area contributed by atoms with Gasteiger partial charge in [0, 0.05) is 33.8 Å². The van der Waals surface area contributed by atoms with E-state index in [9.17, 15) is 22.7 Å². The maximum Gasteiger partial charge on any atom is 0.335 e. The Morgan fingerprint density at radius 1 is 0.976 bits per heavy atom. The molecule has 6 aromatic rings. The van der Waals surface area contributed by atoms with Gasteiger partial charge in [0.2, 0.25) is 5.00 Å². The predicted molar refractivity (Wildman–Crippen MR) is 161 cm³/mol. The number of carboxylic acids is 1. The molecule has 0 aliphatic carbocycles. The maximum atomic E-state index is 14.8. The van der Waals surface area contributed by atoms with Crippen molar-refractivity contribution in [1.29, 1.82) is 0 Å². The summed E-state index contributed by atoms with van der Waals surface area (Å²) in [5.74, 6) is -1.61. The summed E-state index contributed by atoms with van der Waals surface area (Å²) in [6.45, 7) is 9.60. The van der Waals surface area contributed by atoms with Gasteiger partial charge in [-0.05, 0) is 66.9 Å². The lowest BCUT2D eigenvalue weighted by molar-refractivity contribution is 0.0697. The second kappa shape index (κ2) is 10.4. The van der Waals surface area contributed by atoms with Crippen LogP contribution in [0.1, 0.15) is 15.9 Å². The number of fused-ring (bicyclic) bond motifs is 1. The number of aryl methyl sites for hydroxylation is 1. The molecule has 0 fully saturated rings. The topological polar surface area (TPSA) is 93.6 Å². The molecule has 3 heterocycles. The number of carboxylic acid groups (broad SMARTS) is 1. The zero-order valence-electron chi connectivity index (χ0n) is 21.9. The van der Waals surface area contributed by atoms with E-state index in [1.807, 2.05) is 6.92 Å². The van der Waals surface area contributed by atoms with E-state index in [0.29, 0.717) is 38.3 Å². The number of nitrogens with zero attached hydrogens (tertiary/aromatic N) is 3. The van der Waals surface area contributed by atoms with Gasteiger partial charge < -0.3 is 5.11 Å². The quantitative estimate of drug-likeness (QED) is 0.197. The first-order valence-electron chi connectivity index (χ1n) is 12.6. The monoisotopic (exact) mass is 593 g/mol. The number of hydrogen-bond donors (Lipinski definition) is 1. The number of carbonyl (C=O) groups is 1. The van der Waals surface area contributed by atoms with E-state index >= 15 is 0 Å². The molecule has 3 aromatic carbocycles. The summed E-state index contributed by atoms with van der Waals surface area (Å²) < 4.78 is 44.7. The molecule has 3 aromatic heterocycles. The summed E-state index contributed by atoms with van der Waals surface area (Å²) in [6, 6.07) is 21.7. The van der Waals surface area contributed by atoms with Crippen molar-refractivity contribution in [3.8, 4) is 33.6 Å². The Labute approximate surface area is 244 Å². The van der Waals surface area contributed by atoms with Crippen molar-refractivity contribution in [3.63, 3.8) is 0 Å². The molecule has 0 amide bonds. The van der Waals surface area contributed by atoms with Crippen LogP contribution in [-0.4, -0.2) is 28.5 Å². The molecule has 6 rings (SSSR count). The Balaban J connectivity index is 1.71. The highest BCUT2D eigenvalue weighted by Crippen LogP contribution is 2.48. The first kappa shape index (κ1) is 27.1. The average Bonchev–Trinajstić information content (AvgIpc) is 3.59. The largest absolute Gasteiger partial charge is 0.478 e. The lowest BCUT2D eigenvalue weighted by Crippen LogP contribution is -2.14. The molecule has 10 heteroatoms. The summed E-state index contributed by atoms with van der Waals surface area (Å²) in [5, 5.41) is 11.7. The zero-order chi connectivity index (χ0) is 29.6. The molecule has 0 spiro atoms. The number of aromatic carboxylic acids is 1. The van der Waals surface area contributed by atoms with Gasteiger partial charge in [0.25, 0.3) is 10.0 Å². The highest BCUT2D eigenvalue weighted by Gasteiger charge is 2.30. The average molecular weight is 594 g/mol. The summed E-state index contributed by atoms with van der Waals surface area (Å²) in [6.07, 6.45) is 1.53. The van der Waals surface area contributed by atoms with E-state index in [0.717, 1.165) is 5.56 Å². The van der Waals surface area contributed by atoms with E-state index in [4.69, 9.17) is 6.57 Å². The third kappa shape index (κ3) is 4.55. The molecule has 0 atom stereocenters. The van der Waals surface area contributed by atoms with E-state index in [-0.39, 0.29) is 21.7 Å². The van der Waals surface area contributed by atoms with Crippen LogP contribution in [0.25, 0.3) is 49.4 Å². The minimum Gasteiger partial charge on any atom is -0.478 e. The van der Waals surface area contributed by atoms with Gasteiger partial charge >= 0.3 is 5.97 Å². The number of pyridine rings is 1. The van der Waals surface area contributed by atoms with Gasteiger partial charge in [-0.25, -0.2) is 26.4 Å². The van der Waals surface area contributed by atoms with Crippen LogP contribution in [0.15, 0.2) is 101 Å². The molecule has 0 radical (unpaired) electrons. The Kier molecular flexibility index (Phi) is 6.69. The molecular formula is C32H20FN3O4S2. The number of aromatic nitrogens is 2. The number of thiophene rings is 1. The molecule has 0 saturated heterocycles. The fourth-order valence-electron chi connectivity index (χ4n) is 4.93. The minimum absolute atomic E-state index is 0.0522. The van der Waals surface area contributed by atoms with Crippen molar-refractivity contribution in [2.24, 2.45) is 0 Å². The molecular weight excluding hydrogens is 574 g/mol. The molecule has 7 nitrogen and oxygen atoms in total. The van der Waals surface area contributed by atoms with Crippen LogP contribution in [0.5, 0.6) is 0 Å². The van der Waals surface area contributed by atoms with Gasteiger partial charge in [0.1, 0.15) is 5.82 Å². The number of halogens is 1. The van der Waals surface area contributed by atoms with Gasteiger partial charge in [-0.2, -0.15) is 11.3 Å². The lowest BCUT2D eigenvalue weighted by atomic mass is 9.99. The summed E-state index contributed by atoms with van der Waals surface area (Å²) in [4.78, 5) is 19.5. The molecule has 1 N–H and O–H groups in total. The van der Waals surface area contributed by atoms with Gasteiger partial charge in [-0.15, -0.1) is 0 Å². The number of hydrogen-bond acceptors (Lipinski definition) is 5. The van der Waals surface area contributed by atoms with E-state index in [1.54, 1.807) is 47.8 Å². The Morgan fingerprint density at radius 3 is 2.40 bits per heavy atom. The summed E-state index contributed by atoms with van der Waals surface area (Å²) in [5.41, 5.74) is 3.98. The third-order valence-corrected chi connectivity index (χ3v) is 9.46.